The monoisotopic (exact) mass is 973 g/mol. The van der Waals surface area contributed by atoms with Crippen LogP contribution in [0.4, 0.5) is 0 Å². The largest absolute Gasteiger partial charge is 0.462 e. The highest BCUT2D eigenvalue weighted by molar-refractivity contribution is 5.71. The molecule has 6 nitrogen and oxygen atoms in total. The molecule has 0 fully saturated rings. The summed E-state index contributed by atoms with van der Waals surface area (Å²) in [5.41, 5.74) is 0. The van der Waals surface area contributed by atoms with Gasteiger partial charge in [0.2, 0.25) is 0 Å². The first-order valence-corrected chi connectivity index (χ1v) is 31.2. The van der Waals surface area contributed by atoms with Crippen LogP contribution in [0.3, 0.4) is 0 Å². The fourth-order valence-corrected chi connectivity index (χ4v) is 9.56. The number of hydrogen-bond acceptors (Lipinski definition) is 6. The molecule has 0 spiro atoms. The maximum absolute atomic E-state index is 12.8. The summed E-state index contributed by atoms with van der Waals surface area (Å²) in [6.07, 6.45) is 68.0. The topological polar surface area (TPSA) is 78.9 Å². The van der Waals surface area contributed by atoms with E-state index >= 15 is 0 Å². The molecule has 0 aromatic rings. The maximum Gasteiger partial charge on any atom is 0.306 e. The van der Waals surface area contributed by atoms with Crippen LogP contribution in [0.25, 0.3) is 0 Å². The molecular formula is C63H120O6. The highest BCUT2D eigenvalue weighted by Crippen LogP contribution is 2.18. The third kappa shape index (κ3) is 56.9. The second-order valence-corrected chi connectivity index (χ2v) is 21.3. The van der Waals surface area contributed by atoms with Crippen molar-refractivity contribution >= 4 is 17.9 Å². The first-order chi connectivity index (χ1) is 34.0. The Morgan fingerprint density at radius 2 is 0.478 bits per heavy atom. The first kappa shape index (κ1) is 67.1. The van der Waals surface area contributed by atoms with Gasteiger partial charge in [0.25, 0.3) is 0 Å². The van der Waals surface area contributed by atoms with Crippen molar-refractivity contribution < 1.29 is 28.6 Å². The number of allylic oxidation sites excluding steroid dienone is 2. The van der Waals surface area contributed by atoms with Crippen LogP contribution < -0.4 is 0 Å². The molecule has 1 atom stereocenters. The number of ether oxygens (including phenoxy) is 3. The lowest BCUT2D eigenvalue weighted by Gasteiger charge is -2.18. The molecule has 0 radical (unpaired) electrons. The van der Waals surface area contributed by atoms with Gasteiger partial charge in [-0.1, -0.05) is 303 Å². The number of rotatable bonds is 58. The van der Waals surface area contributed by atoms with E-state index in [9.17, 15) is 14.4 Å². The molecule has 408 valence electrons. The summed E-state index contributed by atoms with van der Waals surface area (Å²) in [5.74, 6) is -0.851. The Morgan fingerprint density at radius 3 is 0.754 bits per heavy atom. The van der Waals surface area contributed by atoms with E-state index in [1.54, 1.807) is 0 Å². The molecule has 0 aliphatic heterocycles. The zero-order valence-electron chi connectivity index (χ0n) is 46.9. The summed E-state index contributed by atoms with van der Waals surface area (Å²) in [6.45, 7) is 6.67. The van der Waals surface area contributed by atoms with Gasteiger partial charge in [-0.05, 0) is 44.9 Å². The minimum absolute atomic E-state index is 0.0665. The first-order valence-electron chi connectivity index (χ1n) is 31.2. The van der Waals surface area contributed by atoms with Crippen LogP contribution in [0, 0.1) is 0 Å². The average Bonchev–Trinajstić information content (AvgIpc) is 3.35. The van der Waals surface area contributed by atoms with Crippen LogP contribution in [-0.4, -0.2) is 37.2 Å². The summed E-state index contributed by atoms with van der Waals surface area (Å²) >= 11 is 0. The van der Waals surface area contributed by atoms with Gasteiger partial charge >= 0.3 is 17.9 Å². The van der Waals surface area contributed by atoms with Gasteiger partial charge in [-0.15, -0.1) is 0 Å². The lowest BCUT2D eigenvalue weighted by atomic mass is 10.0. The van der Waals surface area contributed by atoms with Crippen LogP contribution in [0.2, 0.25) is 0 Å². The van der Waals surface area contributed by atoms with Gasteiger partial charge in [0.05, 0.1) is 0 Å². The van der Waals surface area contributed by atoms with Gasteiger partial charge in [0.1, 0.15) is 13.2 Å². The van der Waals surface area contributed by atoms with Gasteiger partial charge < -0.3 is 14.2 Å². The predicted octanol–water partition coefficient (Wildman–Crippen LogP) is 20.9. The van der Waals surface area contributed by atoms with E-state index in [1.165, 1.54) is 250 Å². The molecule has 0 aliphatic carbocycles. The van der Waals surface area contributed by atoms with Crippen molar-refractivity contribution in [1.82, 2.24) is 0 Å². The SMILES string of the molecule is CCCCC/C=C\CCCCCCCC(=O)OCC(COC(=O)CCCCCCCCCCCCCCCCCCCCCCCCCCCC)OC(=O)CCCCCCCCCCCCCCC. The third-order valence-corrected chi connectivity index (χ3v) is 14.3. The van der Waals surface area contributed by atoms with E-state index in [0.29, 0.717) is 19.3 Å². The van der Waals surface area contributed by atoms with E-state index in [0.717, 1.165) is 64.2 Å². The molecule has 1 unspecified atom stereocenters. The Labute approximate surface area is 431 Å². The summed E-state index contributed by atoms with van der Waals surface area (Å²) in [7, 11) is 0. The molecule has 0 amide bonds. The summed E-state index contributed by atoms with van der Waals surface area (Å²) in [4.78, 5) is 38.1. The van der Waals surface area contributed by atoms with Crippen LogP contribution in [0.15, 0.2) is 12.2 Å². The molecule has 0 saturated carbocycles. The normalized spacial score (nSPS) is 12.0. The van der Waals surface area contributed by atoms with Gasteiger partial charge in [0.15, 0.2) is 6.10 Å². The van der Waals surface area contributed by atoms with Crippen molar-refractivity contribution in [2.45, 2.75) is 361 Å². The summed E-state index contributed by atoms with van der Waals surface area (Å²) in [6, 6.07) is 0. The minimum atomic E-state index is -0.767. The molecule has 0 heterocycles. The van der Waals surface area contributed by atoms with Crippen LogP contribution in [0.5, 0.6) is 0 Å². The number of carbonyl (C=O) groups is 3. The van der Waals surface area contributed by atoms with E-state index in [-0.39, 0.29) is 31.1 Å². The molecule has 0 aromatic heterocycles. The molecule has 0 aliphatic rings. The van der Waals surface area contributed by atoms with Gasteiger partial charge in [-0.3, -0.25) is 14.4 Å². The number of carbonyl (C=O) groups excluding carboxylic acids is 3. The van der Waals surface area contributed by atoms with Crippen molar-refractivity contribution in [2.75, 3.05) is 13.2 Å². The molecule has 6 heteroatoms. The van der Waals surface area contributed by atoms with Gasteiger partial charge in [0, 0.05) is 19.3 Å². The average molecular weight is 974 g/mol. The standard InChI is InChI=1S/C63H120O6/c1-4-7-10-13-16-19-22-25-26-27-28-29-30-31-32-33-34-35-36-37-39-41-44-47-50-53-56-62(65)68-59-60(58-67-61(64)55-52-49-46-43-40-24-21-18-15-12-9-6-3)69-63(66)57-54-51-48-45-42-38-23-20-17-14-11-8-5-2/h18,21,60H,4-17,19-20,22-59H2,1-3H3/b21-18-. The van der Waals surface area contributed by atoms with Crippen LogP contribution in [0.1, 0.15) is 355 Å². The molecule has 0 saturated heterocycles. The fraction of sp³-hybridized carbons (Fsp3) is 0.921. The van der Waals surface area contributed by atoms with Crippen molar-refractivity contribution in [3.8, 4) is 0 Å². The van der Waals surface area contributed by atoms with Crippen LogP contribution in [-0.2, 0) is 28.6 Å². The Bertz CT molecular complexity index is 1070. The zero-order chi connectivity index (χ0) is 50.0. The number of esters is 3. The Morgan fingerprint density at radius 1 is 0.275 bits per heavy atom. The van der Waals surface area contributed by atoms with Gasteiger partial charge in [-0.2, -0.15) is 0 Å². The Balaban J connectivity index is 4.13. The van der Waals surface area contributed by atoms with E-state index < -0.39 is 6.10 Å². The minimum Gasteiger partial charge on any atom is -0.462 e. The number of unbranched alkanes of at least 4 members (excludes halogenated alkanes) is 45. The van der Waals surface area contributed by atoms with Crippen molar-refractivity contribution in [3.05, 3.63) is 12.2 Å². The van der Waals surface area contributed by atoms with Crippen molar-refractivity contribution in [1.29, 1.82) is 0 Å². The second-order valence-electron chi connectivity index (χ2n) is 21.3. The molecule has 0 bridgehead atoms. The van der Waals surface area contributed by atoms with Crippen LogP contribution >= 0.6 is 0 Å². The number of hydrogen-bond donors (Lipinski definition) is 0. The second kappa shape index (κ2) is 58.7. The highest BCUT2D eigenvalue weighted by atomic mass is 16.6. The van der Waals surface area contributed by atoms with Crippen molar-refractivity contribution in [2.24, 2.45) is 0 Å². The van der Waals surface area contributed by atoms with Crippen molar-refractivity contribution in [3.63, 3.8) is 0 Å². The lowest BCUT2D eigenvalue weighted by Crippen LogP contribution is -2.30. The Kier molecular flexibility index (Phi) is 57.1. The lowest BCUT2D eigenvalue weighted by molar-refractivity contribution is -0.167. The summed E-state index contributed by atoms with van der Waals surface area (Å²) in [5, 5.41) is 0. The fourth-order valence-electron chi connectivity index (χ4n) is 9.56. The van der Waals surface area contributed by atoms with E-state index in [2.05, 4.69) is 32.9 Å². The van der Waals surface area contributed by atoms with E-state index in [1.807, 2.05) is 0 Å². The highest BCUT2D eigenvalue weighted by Gasteiger charge is 2.19. The van der Waals surface area contributed by atoms with Gasteiger partial charge in [-0.25, -0.2) is 0 Å². The quantitative estimate of drug-likeness (QED) is 0.0261. The maximum atomic E-state index is 12.8. The predicted molar refractivity (Wildman–Crippen MR) is 298 cm³/mol. The smallest absolute Gasteiger partial charge is 0.306 e. The Hall–Kier alpha value is -1.85. The molecule has 0 rings (SSSR count). The molecule has 0 N–H and O–H groups in total. The van der Waals surface area contributed by atoms with E-state index in [4.69, 9.17) is 14.2 Å². The zero-order valence-corrected chi connectivity index (χ0v) is 46.9. The third-order valence-electron chi connectivity index (χ3n) is 14.3. The summed E-state index contributed by atoms with van der Waals surface area (Å²) < 4.78 is 16.9. The molecular weight excluding hydrogens is 853 g/mol. The molecule has 0 aromatic carbocycles. The molecule has 69 heavy (non-hydrogen) atoms.